The monoisotopic (exact) mass is 351 g/mol. The lowest BCUT2D eigenvalue weighted by Crippen LogP contribution is -2.49. The molecule has 4 heterocycles. The first kappa shape index (κ1) is 17.4. The molecule has 24 heavy (non-hydrogen) atoms. The molecule has 132 valence electrons. The largest absolute Gasteiger partial charge is 0.383 e. The molecule has 0 radical (unpaired) electrons. The normalized spacial score (nSPS) is 23.7. The summed E-state index contributed by atoms with van der Waals surface area (Å²) in [6, 6.07) is 0.139. The van der Waals surface area contributed by atoms with Crippen LogP contribution >= 0.6 is 11.3 Å². The fraction of sp³-hybridized carbons (Fsp3) is 0.706. The zero-order chi connectivity index (χ0) is 17.1. The Hall–Kier alpha value is -1.47. The van der Waals surface area contributed by atoms with Gasteiger partial charge in [-0.3, -0.25) is 9.59 Å². The minimum Gasteiger partial charge on any atom is -0.383 e. The molecule has 1 aromatic rings. The van der Waals surface area contributed by atoms with Gasteiger partial charge in [-0.1, -0.05) is 0 Å². The third kappa shape index (κ3) is 3.62. The lowest BCUT2D eigenvalue weighted by atomic mass is 9.94. The first-order valence-corrected chi connectivity index (χ1v) is 9.44. The van der Waals surface area contributed by atoms with Gasteiger partial charge in [0.05, 0.1) is 23.7 Å². The number of aromatic nitrogens is 1. The van der Waals surface area contributed by atoms with Crippen LogP contribution in [0, 0.1) is 12.8 Å². The number of carbonyl (C=O) groups excluding carboxylic acids is 2. The Balaban J connectivity index is 1.62. The number of amides is 2. The Morgan fingerprint density at radius 3 is 2.96 bits per heavy atom. The van der Waals surface area contributed by atoms with Crippen LogP contribution in [0.15, 0.2) is 5.51 Å². The average Bonchev–Trinajstić information content (AvgIpc) is 2.80. The van der Waals surface area contributed by atoms with Crippen molar-refractivity contribution in [3.8, 4) is 0 Å². The minimum absolute atomic E-state index is 0.0466. The van der Waals surface area contributed by atoms with Crippen LogP contribution in [0.5, 0.6) is 0 Å². The zero-order valence-electron chi connectivity index (χ0n) is 14.4. The van der Waals surface area contributed by atoms with Crippen molar-refractivity contribution in [3.05, 3.63) is 16.1 Å². The molecule has 7 heteroatoms. The van der Waals surface area contributed by atoms with E-state index in [4.69, 9.17) is 4.74 Å². The molecular weight excluding hydrogens is 326 g/mol. The molecule has 3 aliphatic heterocycles. The van der Waals surface area contributed by atoms with Gasteiger partial charge < -0.3 is 14.5 Å². The van der Waals surface area contributed by atoms with Crippen molar-refractivity contribution in [1.29, 1.82) is 0 Å². The first-order chi connectivity index (χ1) is 11.6. The van der Waals surface area contributed by atoms with Gasteiger partial charge in [-0.15, -0.1) is 11.3 Å². The van der Waals surface area contributed by atoms with Gasteiger partial charge >= 0.3 is 0 Å². The van der Waals surface area contributed by atoms with E-state index >= 15 is 0 Å². The third-order valence-electron chi connectivity index (χ3n) is 5.09. The quantitative estimate of drug-likeness (QED) is 0.779. The molecule has 4 rings (SSSR count). The van der Waals surface area contributed by atoms with Crippen LogP contribution in [0.3, 0.4) is 0 Å². The molecule has 3 saturated heterocycles. The predicted octanol–water partition coefficient (Wildman–Crippen LogP) is 1.48. The van der Waals surface area contributed by atoms with Crippen LogP contribution < -0.4 is 0 Å². The molecule has 0 aliphatic carbocycles. The number of ether oxygens (including phenoxy) is 1. The standard InChI is InChI=1S/C17H25N3O3S/c1-12-15(24-11-18-12)5-6-16(21)19-9-13-3-4-14(10-19)20(17(13)22)7-8-23-2/h11,13-14H,3-10H2,1-2H3/t13-,14+/m1/s1. The van der Waals surface area contributed by atoms with Crippen molar-refractivity contribution in [2.45, 2.75) is 38.6 Å². The fourth-order valence-corrected chi connectivity index (χ4v) is 4.45. The van der Waals surface area contributed by atoms with Crippen LogP contribution in [0.25, 0.3) is 0 Å². The summed E-state index contributed by atoms with van der Waals surface area (Å²) in [5.41, 5.74) is 2.85. The number of piperidine rings is 1. The second kappa shape index (κ2) is 7.61. The van der Waals surface area contributed by atoms with Gasteiger partial charge in [0.15, 0.2) is 0 Å². The number of rotatable bonds is 6. The number of methoxy groups -OCH3 is 1. The Kier molecular flexibility index (Phi) is 5.50. The molecule has 0 aromatic carbocycles. The number of carbonyl (C=O) groups is 2. The van der Waals surface area contributed by atoms with Crippen molar-refractivity contribution >= 4 is 23.2 Å². The second-order valence-corrected chi connectivity index (χ2v) is 7.55. The molecule has 2 bridgehead atoms. The highest BCUT2D eigenvalue weighted by Gasteiger charge is 2.41. The summed E-state index contributed by atoms with van der Waals surface area (Å²) in [4.78, 5) is 34.5. The van der Waals surface area contributed by atoms with Crippen LogP contribution in [-0.2, 0) is 20.7 Å². The van der Waals surface area contributed by atoms with Gasteiger partial charge in [0, 0.05) is 44.1 Å². The number of hydrogen-bond acceptors (Lipinski definition) is 5. The van der Waals surface area contributed by atoms with Crippen LogP contribution in [0.2, 0.25) is 0 Å². The maximum Gasteiger partial charge on any atom is 0.227 e. The van der Waals surface area contributed by atoms with E-state index in [0.717, 1.165) is 25.0 Å². The maximum atomic E-state index is 12.7. The number of fused-ring (bicyclic) bond motifs is 4. The Labute approximate surface area is 146 Å². The molecule has 2 amide bonds. The molecular formula is C17H25N3O3S. The summed E-state index contributed by atoms with van der Waals surface area (Å²) in [6.07, 6.45) is 3.11. The van der Waals surface area contributed by atoms with E-state index in [1.165, 1.54) is 4.88 Å². The summed E-state index contributed by atoms with van der Waals surface area (Å²) in [7, 11) is 1.65. The van der Waals surface area contributed by atoms with Crippen LogP contribution in [0.4, 0.5) is 0 Å². The van der Waals surface area contributed by atoms with Crippen molar-refractivity contribution in [3.63, 3.8) is 0 Å². The SMILES string of the molecule is COCCN1C(=O)[C@@H]2CC[C@H]1CN(C(=O)CCc1scnc1C)C2. The van der Waals surface area contributed by atoms with Gasteiger partial charge in [0.2, 0.25) is 11.8 Å². The lowest BCUT2D eigenvalue weighted by Gasteiger charge is -2.35. The number of thiazole rings is 1. The van der Waals surface area contributed by atoms with E-state index < -0.39 is 0 Å². The lowest BCUT2D eigenvalue weighted by molar-refractivity contribution is -0.140. The predicted molar refractivity (Wildman–Crippen MR) is 91.9 cm³/mol. The second-order valence-electron chi connectivity index (χ2n) is 6.61. The molecule has 0 unspecified atom stereocenters. The van der Waals surface area contributed by atoms with E-state index in [2.05, 4.69) is 4.98 Å². The Morgan fingerprint density at radius 1 is 1.42 bits per heavy atom. The number of aryl methyl sites for hydroxylation is 2. The highest BCUT2D eigenvalue weighted by molar-refractivity contribution is 7.09. The Morgan fingerprint density at radius 2 is 2.25 bits per heavy atom. The van der Waals surface area contributed by atoms with Gasteiger partial charge in [-0.25, -0.2) is 4.98 Å². The van der Waals surface area contributed by atoms with Gasteiger partial charge in [-0.05, 0) is 26.2 Å². The summed E-state index contributed by atoms with van der Waals surface area (Å²) < 4.78 is 5.13. The number of nitrogens with zero attached hydrogens (tertiary/aromatic N) is 3. The number of hydrogen-bond donors (Lipinski definition) is 0. The van der Waals surface area contributed by atoms with E-state index in [1.54, 1.807) is 18.4 Å². The Bertz CT molecular complexity index is 604. The molecule has 1 aromatic heterocycles. The smallest absolute Gasteiger partial charge is 0.227 e. The molecule has 0 saturated carbocycles. The summed E-state index contributed by atoms with van der Waals surface area (Å²) >= 11 is 1.61. The van der Waals surface area contributed by atoms with Gasteiger partial charge in [-0.2, -0.15) is 0 Å². The highest BCUT2D eigenvalue weighted by Crippen LogP contribution is 2.29. The van der Waals surface area contributed by atoms with E-state index in [1.807, 2.05) is 22.2 Å². The highest BCUT2D eigenvalue weighted by atomic mass is 32.1. The van der Waals surface area contributed by atoms with Crippen molar-refractivity contribution in [2.75, 3.05) is 33.4 Å². The van der Waals surface area contributed by atoms with Crippen molar-refractivity contribution < 1.29 is 14.3 Å². The van der Waals surface area contributed by atoms with Crippen molar-refractivity contribution in [2.24, 2.45) is 5.92 Å². The topological polar surface area (TPSA) is 62.7 Å². The van der Waals surface area contributed by atoms with E-state index in [9.17, 15) is 9.59 Å². The van der Waals surface area contributed by atoms with Gasteiger partial charge in [0.1, 0.15) is 0 Å². The van der Waals surface area contributed by atoms with Crippen molar-refractivity contribution in [1.82, 2.24) is 14.8 Å². The summed E-state index contributed by atoms with van der Waals surface area (Å²) in [5, 5.41) is 0. The molecule has 3 fully saturated rings. The zero-order valence-corrected chi connectivity index (χ0v) is 15.2. The molecule has 3 aliphatic rings. The van der Waals surface area contributed by atoms with Crippen LogP contribution in [-0.4, -0.2) is 66.0 Å². The van der Waals surface area contributed by atoms with E-state index in [-0.39, 0.29) is 23.8 Å². The van der Waals surface area contributed by atoms with Gasteiger partial charge in [0.25, 0.3) is 0 Å². The minimum atomic E-state index is -0.0466. The first-order valence-electron chi connectivity index (χ1n) is 8.56. The summed E-state index contributed by atoms with van der Waals surface area (Å²) in [6.45, 7) is 4.38. The molecule has 6 nitrogen and oxygen atoms in total. The molecule has 2 atom stereocenters. The van der Waals surface area contributed by atoms with E-state index in [0.29, 0.717) is 32.7 Å². The average molecular weight is 351 g/mol. The fourth-order valence-electron chi connectivity index (χ4n) is 3.67. The summed E-state index contributed by atoms with van der Waals surface area (Å²) in [5.74, 6) is 0.299. The van der Waals surface area contributed by atoms with Crippen LogP contribution in [0.1, 0.15) is 29.8 Å². The third-order valence-corrected chi connectivity index (χ3v) is 6.09. The molecule has 0 spiro atoms. The maximum absolute atomic E-state index is 12.7. The molecule has 0 N–H and O–H groups in total.